The van der Waals surface area contributed by atoms with Crippen LogP contribution in [0.1, 0.15) is 5.56 Å². The minimum absolute atomic E-state index is 0.410. The molecule has 7 heteroatoms. The summed E-state index contributed by atoms with van der Waals surface area (Å²) in [5.74, 6) is 0. The molecule has 0 unspecified atom stereocenters. The standard InChI is InChI=1S/C16H13Cl4N3/c1-23(2)9-22-16-14(19)6-10(7-15(16)20)21-8-11-12(17)4-3-5-13(11)18/h3-9H,1-2H3. The van der Waals surface area contributed by atoms with E-state index in [-0.39, 0.29) is 0 Å². The van der Waals surface area contributed by atoms with E-state index in [4.69, 9.17) is 46.4 Å². The van der Waals surface area contributed by atoms with Crippen LogP contribution in [-0.2, 0) is 0 Å². The molecule has 0 fully saturated rings. The SMILES string of the molecule is CN(C)C=Nc1c(Cl)cc(N=Cc2c(Cl)cccc2Cl)cc1Cl. The molecule has 3 nitrogen and oxygen atoms in total. The maximum absolute atomic E-state index is 6.22. The van der Waals surface area contributed by atoms with Gasteiger partial charge in [0.25, 0.3) is 0 Å². The Kier molecular flexibility index (Phi) is 6.31. The number of aliphatic imine (C=N–C) groups is 2. The highest BCUT2D eigenvalue weighted by atomic mass is 35.5. The number of hydrogen-bond acceptors (Lipinski definition) is 2. The van der Waals surface area contributed by atoms with Crippen LogP contribution in [0.2, 0.25) is 20.1 Å². The average Bonchev–Trinajstić information content (AvgIpc) is 2.45. The molecule has 23 heavy (non-hydrogen) atoms. The van der Waals surface area contributed by atoms with Crippen molar-refractivity contribution in [3.05, 3.63) is 56.0 Å². The van der Waals surface area contributed by atoms with Gasteiger partial charge in [0.2, 0.25) is 0 Å². The Labute approximate surface area is 155 Å². The van der Waals surface area contributed by atoms with Crippen LogP contribution in [0.15, 0.2) is 40.3 Å². The fourth-order valence-corrected chi connectivity index (χ4v) is 2.76. The van der Waals surface area contributed by atoms with Gasteiger partial charge >= 0.3 is 0 Å². The Hall–Kier alpha value is -1.26. The Morgan fingerprint density at radius 3 is 1.96 bits per heavy atom. The van der Waals surface area contributed by atoms with E-state index in [9.17, 15) is 0 Å². The molecule has 0 bridgehead atoms. The molecular weight excluding hydrogens is 376 g/mol. The van der Waals surface area contributed by atoms with Gasteiger partial charge in [0, 0.05) is 25.9 Å². The molecule has 0 aromatic heterocycles. The minimum Gasteiger partial charge on any atom is -0.369 e. The third-order valence-corrected chi connectivity index (χ3v) is 4.00. The molecule has 2 rings (SSSR count). The van der Waals surface area contributed by atoms with Crippen molar-refractivity contribution in [3.8, 4) is 0 Å². The van der Waals surface area contributed by atoms with Crippen molar-refractivity contribution in [1.29, 1.82) is 0 Å². The number of hydrogen-bond donors (Lipinski definition) is 0. The third kappa shape index (κ3) is 4.85. The zero-order valence-electron chi connectivity index (χ0n) is 12.4. The predicted molar refractivity (Wildman–Crippen MR) is 102 cm³/mol. The highest BCUT2D eigenvalue weighted by Gasteiger charge is 2.07. The minimum atomic E-state index is 0.410. The molecule has 2 aromatic carbocycles. The van der Waals surface area contributed by atoms with Crippen LogP contribution in [0.4, 0.5) is 11.4 Å². The largest absolute Gasteiger partial charge is 0.369 e. The lowest BCUT2D eigenvalue weighted by atomic mass is 10.2. The molecule has 0 saturated heterocycles. The number of rotatable bonds is 4. The first-order valence-corrected chi connectivity index (χ1v) is 8.07. The molecule has 0 N–H and O–H groups in total. The highest BCUT2D eigenvalue weighted by molar-refractivity contribution is 6.40. The number of nitrogens with zero attached hydrogens (tertiary/aromatic N) is 3. The molecule has 0 amide bonds. The van der Waals surface area contributed by atoms with Gasteiger partial charge < -0.3 is 4.90 Å². The summed E-state index contributed by atoms with van der Waals surface area (Å²) in [6.07, 6.45) is 3.20. The summed E-state index contributed by atoms with van der Waals surface area (Å²) in [5.41, 5.74) is 1.72. The zero-order chi connectivity index (χ0) is 17.0. The topological polar surface area (TPSA) is 28.0 Å². The molecule has 0 aliphatic carbocycles. The summed E-state index contributed by atoms with van der Waals surface area (Å²) >= 11 is 24.6. The van der Waals surface area contributed by atoms with E-state index in [0.717, 1.165) is 0 Å². The highest BCUT2D eigenvalue weighted by Crippen LogP contribution is 2.37. The maximum atomic E-state index is 6.22. The molecule has 0 aliphatic heterocycles. The normalized spacial score (nSPS) is 11.6. The zero-order valence-corrected chi connectivity index (χ0v) is 15.4. The van der Waals surface area contributed by atoms with E-state index in [1.165, 1.54) is 0 Å². The molecule has 120 valence electrons. The molecule has 2 aromatic rings. The van der Waals surface area contributed by atoms with Crippen molar-refractivity contribution in [2.24, 2.45) is 9.98 Å². The second-order valence-corrected chi connectivity index (χ2v) is 6.49. The molecule has 0 saturated carbocycles. The van der Waals surface area contributed by atoms with Gasteiger partial charge in [-0.25, -0.2) is 4.99 Å². The van der Waals surface area contributed by atoms with Crippen molar-refractivity contribution in [2.75, 3.05) is 14.1 Å². The van der Waals surface area contributed by atoms with Crippen LogP contribution in [0, 0.1) is 0 Å². The molecule has 0 aliphatic rings. The summed E-state index contributed by atoms with van der Waals surface area (Å²) in [5, 5.41) is 1.86. The first-order chi connectivity index (χ1) is 10.9. The van der Waals surface area contributed by atoms with Gasteiger partial charge in [-0.05, 0) is 24.3 Å². The maximum Gasteiger partial charge on any atom is 0.102 e. The summed E-state index contributed by atoms with van der Waals surface area (Å²) in [6.45, 7) is 0. The second kappa shape index (κ2) is 8.02. The van der Waals surface area contributed by atoms with Gasteiger partial charge in [-0.2, -0.15) is 0 Å². The van der Waals surface area contributed by atoms with Crippen LogP contribution in [0.25, 0.3) is 0 Å². The van der Waals surface area contributed by atoms with E-state index < -0.39 is 0 Å². The monoisotopic (exact) mass is 387 g/mol. The molecular formula is C16H13Cl4N3. The Balaban J connectivity index is 2.34. The molecule has 0 heterocycles. The van der Waals surface area contributed by atoms with Gasteiger partial charge in [-0.3, -0.25) is 4.99 Å². The summed E-state index contributed by atoms with van der Waals surface area (Å²) in [4.78, 5) is 10.4. The molecule has 0 spiro atoms. The predicted octanol–water partition coefficient (Wildman–Crippen LogP) is 6.27. The smallest absolute Gasteiger partial charge is 0.102 e. The average molecular weight is 389 g/mol. The van der Waals surface area contributed by atoms with Crippen LogP contribution in [-0.4, -0.2) is 31.5 Å². The van der Waals surface area contributed by atoms with Crippen LogP contribution >= 0.6 is 46.4 Å². The van der Waals surface area contributed by atoms with Crippen molar-refractivity contribution in [3.63, 3.8) is 0 Å². The van der Waals surface area contributed by atoms with Gasteiger partial charge in [0.1, 0.15) is 5.69 Å². The first kappa shape index (κ1) is 18.1. The van der Waals surface area contributed by atoms with Gasteiger partial charge in [0.05, 0.1) is 32.1 Å². The molecule has 0 atom stereocenters. The first-order valence-electron chi connectivity index (χ1n) is 6.56. The Bertz CT molecular complexity index is 727. The quantitative estimate of drug-likeness (QED) is 0.447. The fraction of sp³-hybridized carbons (Fsp3) is 0.125. The number of benzene rings is 2. The Morgan fingerprint density at radius 1 is 0.870 bits per heavy atom. The van der Waals surface area contributed by atoms with Crippen LogP contribution < -0.4 is 0 Å². The lowest BCUT2D eigenvalue weighted by Crippen LogP contribution is -2.07. The Morgan fingerprint density at radius 2 is 1.43 bits per heavy atom. The molecule has 0 radical (unpaired) electrons. The van der Waals surface area contributed by atoms with Gasteiger partial charge in [-0.1, -0.05) is 52.5 Å². The van der Waals surface area contributed by atoms with Gasteiger partial charge in [-0.15, -0.1) is 0 Å². The van der Waals surface area contributed by atoms with E-state index in [2.05, 4.69) is 9.98 Å². The van der Waals surface area contributed by atoms with E-state index in [1.54, 1.807) is 47.8 Å². The third-order valence-electron chi connectivity index (χ3n) is 2.76. The second-order valence-electron chi connectivity index (χ2n) is 4.86. The fourth-order valence-electron chi connectivity index (χ4n) is 1.70. The van der Waals surface area contributed by atoms with Crippen molar-refractivity contribution >= 4 is 70.3 Å². The number of halogens is 4. The van der Waals surface area contributed by atoms with Crippen molar-refractivity contribution in [2.45, 2.75) is 0 Å². The van der Waals surface area contributed by atoms with E-state index in [1.807, 2.05) is 14.1 Å². The van der Waals surface area contributed by atoms with Crippen molar-refractivity contribution in [1.82, 2.24) is 4.90 Å². The van der Waals surface area contributed by atoms with E-state index >= 15 is 0 Å². The summed E-state index contributed by atoms with van der Waals surface area (Å²) in [6, 6.07) is 8.61. The lowest BCUT2D eigenvalue weighted by Gasteiger charge is -2.06. The summed E-state index contributed by atoms with van der Waals surface area (Å²) < 4.78 is 0. The van der Waals surface area contributed by atoms with Crippen molar-refractivity contribution < 1.29 is 0 Å². The van der Waals surface area contributed by atoms with Gasteiger partial charge in [0.15, 0.2) is 0 Å². The lowest BCUT2D eigenvalue weighted by molar-refractivity contribution is 0.643. The van der Waals surface area contributed by atoms with Crippen LogP contribution in [0.5, 0.6) is 0 Å². The van der Waals surface area contributed by atoms with Crippen LogP contribution in [0.3, 0.4) is 0 Å². The van der Waals surface area contributed by atoms with E-state index in [0.29, 0.717) is 37.0 Å². The summed E-state index contributed by atoms with van der Waals surface area (Å²) in [7, 11) is 3.72.